The molecule has 8 heteroatoms. The number of nitrogens with two attached hydrogens (primary N) is 1. The summed E-state index contributed by atoms with van der Waals surface area (Å²) in [6.45, 7) is 0.254. The van der Waals surface area contributed by atoms with Crippen molar-refractivity contribution in [1.82, 2.24) is 0 Å². The highest BCUT2D eigenvalue weighted by molar-refractivity contribution is 7.92. The second kappa shape index (κ2) is 4.24. The normalized spacial score (nSPS) is 27.7. The molecule has 0 aromatic heterocycles. The van der Waals surface area contributed by atoms with Gasteiger partial charge in [-0.3, -0.25) is 0 Å². The summed E-state index contributed by atoms with van der Waals surface area (Å²) in [7, 11) is -4.94. The number of hydrogen-bond acceptors (Lipinski definition) is 3. The largest absolute Gasteiger partial charge is 0.497 e. The molecule has 0 radical (unpaired) electrons. The van der Waals surface area contributed by atoms with Crippen LogP contribution in [0.5, 0.6) is 0 Å². The molecule has 14 heavy (non-hydrogen) atoms. The molecule has 0 saturated heterocycles. The third kappa shape index (κ3) is 2.32. The molecular weight excluding hydrogens is 243 g/mol. The zero-order valence-electron chi connectivity index (χ0n) is 7.12. The van der Waals surface area contributed by atoms with E-state index in [-0.39, 0.29) is 37.7 Å². The lowest BCUT2D eigenvalue weighted by Gasteiger charge is -2.34. The van der Waals surface area contributed by atoms with Crippen LogP contribution in [0.2, 0.25) is 0 Å². The molecule has 0 amide bonds. The van der Waals surface area contributed by atoms with Gasteiger partial charge in [-0.05, 0) is 25.3 Å². The van der Waals surface area contributed by atoms with Crippen molar-refractivity contribution >= 4 is 22.2 Å². The SMILES string of the molecule is Cl.NCC1CC(S(=O)(=O)C(F)(F)F)C1. The molecular formula is C6H11ClF3NO2S. The van der Waals surface area contributed by atoms with Gasteiger partial charge in [0.15, 0.2) is 0 Å². The zero-order valence-corrected chi connectivity index (χ0v) is 8.75. The first-order valence-corrected chi connectivity index (χ1v) is 5.34. The Morgan fingerprint density at radius 3 is 2.00 bits per heavy atom. The number of halogens is 4. The fourth-order valence-corrected chi connectivity index (χ4v) is 2.74. The quantitative estimate of drug-likeness (QED) is 0.801. The summed E-state index contributed by atoms with van der Waals surface area (Å²) in [5, 5.41) is -1.26. The van der Waals surface area contributed by atoms with E-state index < -0.39 is 20.6 Å². The summed E-state index contributed by atoms with van der Waals surface area (Å²) in [5.41, 5.74) is 0.0584. The van der Waals surface area contributed by atoms with Gasteiger partial charge in [-0.1, -0.05) is 0 Å². The van der Waals surface area contributed by atoms with Crippen LogP contribution in [0.3, 0.4) is 0 Å². The Hall–Kier alpha value is -0.0100. The molecule has 0 bridgehead atoms. The summed E-state index contributed by atoms with van der Waals surface area (Å²) in [4.78, 5) is 0. The van der Waals surface area contributed by atoms with Crippen LogP contribution in [-0.4, -0.2) is 25.7 Å². The van der Waals surface area contributed by atoms with Gasteiger partial charge in [0.2, 0.25) is 0 Å². The van der Waals surface area contributed by atoms with Gasteiger partial charge in [-0.25, -0.2) is 8.42 Å². The molecule has 1 aliphatic rings. The van der Waals surface area contributed by atoms with E-state index in [0.717, 1.165) is 0 Å². The molecule has 0 heterocycles. The van der Waals surface area contributed by atoms with Crippen LogP contribution in [0, 0.1) is 5.92 Å². The Kier molecular flexibility index (Phi) is 4.24. The minimum absolute atomic E-state index is 0. The van der Waals surface area contributed by atoms with Gasteiger partial charge in [-0.2, -0.15) is 13.2 Å². The topological polar surface area (TPSA) is 60.2 Å². The van der Waals surface area contributed by atoms with Gasteiger partial charge in [-0.15, -0.1) is 12.4 Å². The van der Waals surface area contributed by atoms with Crippen LogP contribution in [0.4, 0.5) is 13.2 Å². The number of hydrogen-bond donors (Lipinski definition) is 1. The monoisotopic (exact) mass is 253 g/mol. The van der Waals surface area contributed by atoms with E-state index in [1.165, 1.54) is 0 Å². The van der Waals surface area contributed by atoms with E-state index in [1.807, 2.05) is 0 Å². The molecule has 1 fully saturated rings. The van der Waals surface area contributed by atoms with Crippen molar-refractivity contribution in [3.8, 4) is 0 Å². The minimum atomic E-state index is -5.11. The van der Waals surface area contributed by atoms with Gasteiger partial charge in [0.1, 0.15) is 0 Å². The average molecular weight is 254 g/mol. The third-order valence-electron chi connectivity index (χ3n) is 2.29. The summed E-state index contributed by atoms with van der Waals surface area (Å²) in [6.07, 6.45) is 0.0800. The smallest absolute Gasteiger partial charge is 0.330 e. The molecule has 0 aromatic carbocycles. The van der Waals surface area contributed by atoms with Crippen molar-refractivity contribution in [2.75, 3.05) is 6.54 Å². The highest BCUT2D eigenvalue weighted by Gasteiger charge is 2.54. The van der Waals surface area contributed by atoms with Crippen molar-refractivity contribution in [2.45, 2.75) is 23.6 Å². The van der Waals surface area contributed by atoms with Gasteiger partial charge in [0.05, 0.1) is 5.25 Å². The standard InChI is InChI=1S/C6H10F3NO2S.ClH/c7-6(8,9)13(11,12)5-1-4(2-5)3-10;/h4-5H,1-3,10H2;1H. The highest BCUT2D eigenvalue weighted by atomic mass is 35.5. The van der Waals surface area contributed by atoms with Crippen molar-refractivity contribution < 1.29 is 21.6 Å². The van der Waals surface area contributed by atoms with Crippen LogP contribution >= 0.6 is 12.4 Å². The Labute approximate surface area is 86.2 Å². The highest BCUT2D eigenvalue weighted by Crippen LogP contribution is 2.39. The Bertz CT molecular complexity index is 284. The maximum absolute atomic E-state index is 11.9. The zero-order chi connectivity index (χ0) is 10.3. The molecule has 0 aliphatic heterocycles. The molecule has 1 aliphatic carbocycles. The number of alkyl halides is 3. The Morgan fingerprint density at radius 2 is 1.71 bits per heavy atom. The lowest BCUT2D eigenvalue weighted by molar-refractivity contribution is -0.0457. The first-order chi connectivity index (χ1) is 5.79. The lowest BCUT2D eigenvalue weighted by atomic mass is 9.85. The maximum atomic E-state index is 11.9. The summed E-state index contributed by atoms with van der Waals surface area (Å²) in [6, 6.07) is 0. The van der Waals surface area contributed by atoms with Gasteiger partial charge >= 0.3 is 5.51 Å². The van der Waals surface area contributed by atoms with Gasteiger partial charge < -0.3 is 5.73 Å². The molecule has 3 nitrogen and oxygen atoms in total. The van der Waals surface area contributed by atoms with Crippen LogP contribution in [0.25, 0.3) is 0 Å². The van der Waals surface area contributed by atoms with Crippen molar-refractivity contribution in [1.29, 1.82) is 0 Å². The Balaban J connectivity index is 0.00000169. The first kappa shape index (κ1) is 14.0. The molecule has 1 rings (SSSR count). The average Bonchev–Trinajstić information content (AvgIpc) is 1.81. The van der Waals surface area contributed by atoms with Gasteiger partial charge in [0.25, 0.3) is 9.84 Å². The molecule has 86 valence electrons. The van der Waals surface area contributed by atoms with E-state index in [9.17, 15) is 21.6 Å². The van der Waals surface area contributed by atoms with Crippen molar-refractivity contribution in [3.05, 3.63) is 0 Å². The first-order valence-electron chi connectivity index (χ1n) is 3.79. The van der Waals surface area contributed by atoms with E-state index in [2.05, 4.69) is 0 Å². The lowest BCUT2D eigenvalue weighted by Crippen LogP contribution is -2.44. The summed E-state index contributed by atoms with van der Waals surface area (Å²) >= 11 is 0. The predicted octanol–water partition coefficient (Wildman–Crippen LogP) is 1.08. The third-order valence-corrected chi connectivity index (χ3v) is 4.20. The number of sulfone groups is 1. The van der Waals surface area contributed by atoms with Crippen LogP contribution in [-0.2, 0) is 9.84 Å². The van der Waals surface area contributed by atoms with Crippen molar-refractivity contribution in [2.24, 2.45) is 11.7 Å². The minimum Gasteiger partial charge on any atom is -0.330 e. The fraction of sp³-hybridized carbons (Fsp3) is 1.00. The van der Waals surface area contributed by atoms with E-state index in [1.54, 1.807) is 0 Å². The second-order valence-corrected chi connectivity index (χ2v) is 5.41. The van der Waals surface area contributed by atoms with E-state index >= 15 is 0 Å². The van der Waals surface area contributed by atoms with Gasteiger partial charge in [0, 0.05) is 0 Å². The van der Waals surface area contributed by atoms with E-state index in [4.69, 9.17) is 5.73 Å². The number of rotatable bonds is 2. The molecule has 2 N–H and O–H groups in total. The van der Waals surface area contributed by atoms with Crippen molar-refractivity contribution in [3.63, 3.8) is 0 Å². The molecule has 1 saturated carbocycles. The Morgan fingerprint density at radius 1 is 1.29 bits per heavy atom. The molecule has 0 atom stereocenters. The molecule has 0 aromatic rings. The summed E-state index contributed by atoms with van der Waals surface area (Å²) < 4.78 is 57.2. The van der Waals surface area contributed by atoms with Crippen LogP contribution < -0.4 is 5.73 Å². The predicted molar refractivity (Wildman–Crippen MR) is 47.8 cm³/mol. The second-order valence-electron chi connectivity index (χ2n) is 3.19. The van der Waals surface area contributed by atoms with E-state index in [0.29, 0.717) is 0 Å². The molecule has 0 unspecified atom stereocenters. The summed E-state index contributed by atoms with van der Waals surface area (Å²) in [5.74, 6) is -0.0675. The van der Waals surface area contributed by atoms with Crippen LogP contribution in [0.15, 0.2) is 0 Å². The van der Waals surface area contributed by atoms with Crippen LogP contribution in [0.1, 0.15) is 12.8 Å². The maximum Gasteiger partial charge on any atom is 0.497 e. The fourth-order valence-electron chi connectivity index (χ4n) is 1.31. The molecule has 0 spiro atoms.